The molecule has 0 unspecified atom stereocenters. The van der Waals surface area contributed by atoms with Gasteiger partial charge >= 0.3 is 5.97 Å². The number of nitrogens with one attached hydrogen (secondary N) is 2. The van der Waals surface area contributed by atoms with E-state index >= 15 is 0 Å². The lowest BCUT2D eigenvalue weighted by molar-refractivity contribution is -0.140. The van der Waals surface area contributed by atoms with Crippen molar-refractivity contribution >= 4 is 46.5 Å². The van der Waals surface area contributed by atoms with E-state index in [-0.39, 0.29) is 45.2 Å². The molecule has 0 heterocycles. The number of rotatable bonds is 16. The summed E-state index contributed by atoms with van der Waals surface area (Å²) in [5.74, 6) is -1.65. The molecule has 2 amide bonds. The van der Waals surface area contributed by atoms with Crippen LogP contribution in [0.3, 0.4) is 0 Å². The van der Waals surface area contributed by atoms with Crippen molar-refractivity contribution in [3.05, 3.63) is 82.4 Å². The van der Waals surface area contributed by atoms with Gasteiger partial charge in [-0.1, -0.05) is 86.0 Å². The average Bonchev–Trinajstić information content (AvgIpc) is 3.06. The summed E-state index contributed by atoms with van der Waals surface area (Å²) < 4.78 is 12.0. The second-order valence-corrected chi connectivity index (χ2v) is 15.2. The van der Waals surface area contributed by atoms with E-state index in [1.54, 1.807) is 26.8 Å². The molecule has 0 aliphatic carbocycles. The number of ketones is 1. The Kier molecular flexibility index (Phi) is 13.3. The number of ether oxygens (including phenoxy) is 2. The first-order valence-corrected chi connectivity index (χ1v) is 17.4. The van der Waals surface area contributed by atoms with E-state index in [2.05, 4.69) is 64.3 Å². The highest BCUT2D eigenvalue weighted by atomic mass is 35.5. The van der Waals surface area contributed by atoms with Crippen LogP contribution in [0.25, 0.3) is 0 Å². The molecule has 0 bridgehead atoms. The van der Waals surface area contributed by atoms with Gasteiger partial charge in [-0.2, -0.15) is 0 Å². The molecule has 9 nitrogen and oxygen atoms in total. The third-order valence-electron chi connectivity index (χ3n) is 9.14. The predicted molar refractivity (Wildman–Crippen MR) is 199 cm³/mol. The van der Waals surface area contributed by atoms with Crippen molar-refractivity contribution in [2.24, 2.45) is 5.41 Å². The fourth-order valence-corrected chi connectivity index (χ4v) is 5.13. The van der Waals surface area contributed by atoms with Crippen molar-refractivity contribution in [3.8, 4) is 11.5 Å². The van der Waals surface area contributed by atoms with E-state index in [4.69, 9.17) is 21.1 Å². The summed E-state index contributed by atoms with van der Waals surface area (Å²) in [6, 6.07) is 16.5. The summed E-state index contributed by atoms with van der Waals surface area (Å²) >= 11 is 6.39. The molecule has 10 heteroatoms. The first-order valence-electron chi connectivity index (χ1n) is 17.0. The molecule has 0 aliphatic rings. The smallest absolute Gasteiger partial charge is 0.335 e. The zero-order valence-corrected chi connectivity index (χ0v) is 31.4. The number of Topliss-reactive ketones (excluding diaryl/α,β-unsaturated/α-hetero) is 1. The van der Waals surface area contributed by atoms with Gasteiger partial charge in [0.1, 0.15) is 11.5 Å². The fourth-order valence-electron chi connectivity index (χ4n) is 4.97. The van der Waals surface area contributed by atoms with Gasteiger partial charge in [0.25, 0.3) is 5.91 Å². The van der Waals surface area contributed by atoms with Crippen LogP contribution in [0, 0.1) is 5.41 Å². The summed E-state index contributed by atoms with van der Waals surface area (Å²) in [4.78, 5) is 50.8. The van der Waals surface area contributed by atoms with Crippen LogP contribution in [0.5, 0.6) is 11.5 Å². The molecule has 3 aromatic rings. The topological polar surface area (TPSA) is 131 Å². The second kappa shape index (κ2) is 16.6. The summed E-state index contributed by atoms with van der Waals surface area (Å²) in [5.41, 5.74) is 2.09. The highest BCUT2D eigenvalue weighted by Gasteiger charge is 2.37. The number of carbonyl (C=O) groups is 4. The molecule has 0 saturated heterocycles. The predicted octanol–water partition coefficient (Wildman–Crippen LogP) is 9.21. The van der Waals surface area contributed by atoms with E-state index in [1.165, 1.54) is 42.0 Å². The number of amides is 2. The van der Waals surface area contributed by atoms with Crippen LogP contribution in [-0.4, -0.2) is 41.4 Å². The first-order chi connectivity index (χ1) is 23.3. The number of halogens is 1. The van der Waals surface area contributed by atoms with Crippen LogP contribution in [-0.2, 0) is 25.2 Å². The zero-order valence-electron chi connectivity index (χ0n) is 30.7. The van der Waals surface area contributed by atoms with Gasteiger partial charge in [0.15, 0.2) is 5.78 Å². The number of benzene rings is 3. The van der Waals surface area contributed by atoms with Crippen molar-refractivity contribution in [1.82, 2.24) is 0 Å². The molecule has 0 radical (unpaired) electrons. The Balaban J connectivity index is 1.67. The molecule has 3 rings (SSSR count). The Morgan fingerprint density at radius 3 is 2.04 bits per heavy atom. The maximum absolute atomic E-state index is 13.4. The number of aromatic carboxylic acids is 1. The van der Waals surface area contributed by atoms with Gasteiger partial charge in [-0.3, -0.25) is 14.4 Å². The minimum atomic E-state index is -1.56. The minimum absolute atomic E-state index is 0.0325. The number of hydrogen-bond acceptors (Lipinski definition) is 6. The lowest BCUT2D eigenvalue weighted by atomic mass is 9.76. The maximum Gasteiger partial charge on any atom is 0.335 e. The normalized spacial score (nSPS) is 12.5. The largest absolute Gasteiger partial charge is 0.493 e. The van der Waals surface area contributed by atoms with Crippen LogP contribution < -0.4 is 20.1 Å². The number of carboxylic acids is 1. The quantitative estimate of drug-likeness (QED) is 0.1000. The summed E-state index contributed by atoms with van der Waals surface area (Å²) in [6.07, 6.45) is 1.10. The van der Waals surface area contributed by atoms with Gasteiger partial charge in [0.2, 0.25) is 12.0 Å². The summed E-state index contributed by atoms with van der Waals surface area (Å²) in [5, 5.41) is 14.9. The third-order valence-corrected chi connectivity index (χ3v) is 9.47. The summed E-state index contributed by atoms with van der Waals surface area (Å²) in [7, 11) is 0. The van der Waals surface area contributed by atoms with E-state index in [0.29, 0.717) is 18.7 Å². The van der Waals surface area contributed by atoms with Gasteiger partial charge < -0.3 is 25.2 Å². The van der Waals surface area contributed by atoms with Gasteiger partial charge in [-0.15, -0.1) is 0 Å². The van der Waals surface area contributed by atoms with Crippen LogP contribution in [0.2, 0.25) is 5.02 Å². The molecule has 1 atom stereocenters. The van der Waals surface area contributed by atoms with Crippen LogP contribution in [0.15, 0.2) is 60.7 Å². The van der Waals surface area contributed by atoms with Gasteiger partial charge in [0, 0.05) is 23.1 Å². The van der Waals surface area contributed by atoms with Crippen molar-refractivity contribution in [1.29, 1.82) is 0 Å². The van der Waals surface area contributed by atoms with Crippen LogP contribution in [0.4, 0.5) is 11.4 Å². The average molecular weight is 707 g/mol. The molecule has 3 N–H and O–H groups in total. The van der Waals surface area contributed by atoms with Gasteiger partial charge in [0.05, 0.1) is 22.9 Å². The van der Waals surface area contributed by atoms with E-state index < -0.39 is 29.2 Å². The number of hydrogen-bond donors (Lipinski definition) is 3. The Morgan fingerprint density at radius 1 is 0.820 bits per heavy atom. The Hall–Kier alpha value is -4.37. The van der Waals surface area contributed by atoms with Crippen LogP contribution in [0.1, 0.15) is 109 Å². The highest BCUT2D eigenvalue weighted by Crippen LogP contribution is 2.38. The minimum Gasteiger partial charge on any atom is -0.493 e. The van der Waals surface area contributed by atoms with Gasteiger partial charge in [-0.25, -0.2) is 4.79 Å². The molecule has 50 heavy (non-hydrogen) atoms. The number of carboxylic acid groups (broad SMARTS) is 1. The molecule has 0 aromatic heterocycles. The van der Waals surface area contributed by atoms with Crippen molar-refractivity contribution in [2.45, 2.75) is 105 Å². The molecule has 0 fully saturated rings. The molecular weight excluding hydrogens is 656 g/mol. The van der Waals surface area contributed by atoms with Crippen LogP contribution >= 0.6 is 11.6 Å². The molecule has 270 valence electrons. The Morgan fingerprint density at radius 2 is 1.46 bits per heavy atom. The molecule has 3 aromatic carbocycles. The standard InChI is InChI=1S/C40H51ClN2O7/c1-10-39(6,7)26-16-21-32(29(23-26)40(8,9)11-2)49-22-12-13-33(44)42-27-17-20-30(41)31(24-27)43-36(46)34(35(45)38(3,4)5)50-28-18-14-25(15-19-28)37(47)48/h14-21,23-24,34H,10-13,22H2,1-9H3,(H,42,44)(H,43,46)(H,47,48)/t34-/m0/s1. The van der Waals surface area contributed by atoms with E-state index in [0.717, 1.165) is 24.2 Å². The SMILES string of the molecule is CCC(C)(C)c1ccc(OCCCC(=O)Nc2ccc(Cl)c(NC(=O)[C@@H](Oc3ccc(C(=O)O)cc3)C(=O)C(C)(C)C)c2)c(C(C)(C)CC)c1. The maximum atomic E-state index is 13.4. The Labute approximate surface area is 301 Å². The lowest BCUT2D eigenvalue weighted by Crippen LogP contribution is -2.45. The molecule has 0 saturated carbocycles. The fraction of sp³-hybridized carbons (Fsp3) is 0.450. The van der Waals surface area contributed by atoms with Crippen molar-refractivity contribution < 1.29 is 33.8 Å². The zero-order chi connectivity index (χ0) is 37.4. The third kappa shape index (κ3) is 10.6. The highest BCUT2D eigenvalue weighted by molar-refractivity contribution is 6.34. The first kappa shape index (κ1) is 40.1. The lowest BCUT2D eigenvalue weighted by Gasteiger charge is -2.30. The van der Waals surface area contributed by atoms with Crippen molar-refractivity contribution in [3.63, 3.8) is 0 Å². The number of anilines is 2. The summed E-state index contributed by atoms with van der Waals surface area (Å²) in [6.45, 7) is 18.6. The molecule has 0 spiro atoms. The van der Waals surface area contributed by atoms with Gasteiger partial charge in [-0.05, 0) is 84.2 Å². The van der Waals surface area contributed by atoms with E-state index in [1.807, 2.05) is 6.07 Å². The molecule has 0 aliphatic heterocycles. The number of carbonyl (C=O) groups excluding carboxylic acids is 3. The van der Waals surface area contributed by atoms with Crippen molar-refractivity contribution in [2.75, 3.05) is 17.2 Å². The van der Waals surface area contributed by atoms with E-state index in [9.17, 15) is 24.3 Å². The Bertz CT molecular complexity index is 1690. The monoisotopic (exact) mass is 706 g/mol. The second-order valence-electron chi connectivity index (χ2n) is 14.8. The molecular formula is C40H51ClN2O7.